The van der Waals surface area contributed by atoms with E-state index in [9.17, 15) is 4.79 Å². The van der Waals surface area contributed by atoms with Crippen molar-refractivity contribution < 1.29 is 14.3 Å². The molecule has 2 amide bonds. The van der Waals surface area contributed by atoms with Crippen molar-refractivity contribution in [2.24, 2.45) is 0 Å². The normalized spacial score (nSPS) is 10.2. The van der Waals surface area contributed by atoms with Gasteiger partial charge in [-0.05, 0) is 30.5 Å². The maximum absolute atomic E-state index is 12.2. The zero-order chi connectivity index (χ0) is 16.4. The Morgan fingerprint density at radius 2 is 1.82 bits per heavy atom. The molecular formula is C17H28N2O3. The molecule has 124 valence electrons. The number of unbranched alkanes of at least 4 members (excludes halogenated alkanes) is 1. The summed E-state index contributed by atoms with van der Waals surface area (Å²) in [6.07, 6.45) is 3.08. The molecule has 1 N–H and O–H groups in total. The Morgan fingerprint density at radius 1 is 1.09 bits per heavy atom. The molecule has 0 radical (unpaired) electrons. The highest BCUT2D eigenvalue weighted by Crippen LogP contribution is 2.27. The number of benzene rings is 1. The van der Waals surface area contributed by atoms with Crippen LogP contribution in [0.1, 0.15) is 38.7 Å². The SMILES string of the molecule is CCCCN(CCC)C(=O)NCc1ccc(OC)c(OC)c1. The van der Waals surface area contributed by atoms with Crippen molar-refractivity contribution in [2.75, 3.05) is 27.3 Å². The van der Waals surface area contributed by atoms with Gasteiger partial charge in [-0.1, -0.05) is 26.3 Å². The van der Waals surface area contributed by atoms with Gasteiger partial charge in [0.05, 0.1) is 14.2 Å². The average molecular weight is 308 g/mol. The third-order valence-corrected chi connectivity index (χ3v) is 3.45. The molecule has 0 fully saturated rings. The van der Waals surface area contributed by atoms with Crippen LogP contribution < -0.4 is 14.8 Å². The summed E-state index contributed by atoms with van der Waals surface area (Å²) in [6, 6.07) is 5.65. The van der Waals surface area contributed by atoms with Crippen LogP contribution in [0.4, 0.5) is 4.79 Å². The highest BCUT2D eigenvalue weighted by atomic mass is 16.5. The van der Waals surface area contributed by atoms with Crippen molar-refractivity contribution >= 4 is 6.03 Å². The summed E-state index contributed by atoms with van der Waals surface area (Å²) in [5.74, 6) is 1.36. The van der Waals surface area contributed by atoms with Crippen LogP contribution in [0.2, 0.25) is 0 Å². The summed E-state index contributed by atoms with van der Waals surface area (Å²) in [5.41, 5.74) is 0.984. The predicted octanol–water partition coefficient (Wildman–Crippen LogP) is 3.43. The molecule has 1 aromatic rings. The van der Waals surface area contributed by atoms with Crippen LogP contribution in [0.5, 0.6) is 11.5 Å². The van der Waals surface area contributed by atoms with Gasteiger partial charge >= 0.3 is 6.03 Å². The maximum Gasteiger partial charge on any atom is 0.317 e. The Bertz CT molecular complexity index is 463. The van der Waals surface area contributed by atoms with E-state index >= 15 is 0 Å². The second-order valence-electron chi connectivity index (χ2n) is 5.19. The van der Waals surface area contributed by atoms with Crippen molar-refractivity contribution in [3.63, 3.8) is 0 Å². The molecule has 0 heterocycles. The molecule has 0 saturated carbocycles. The van der Waals surface area contributed by atoms with Crippen LogP contribution in [-0.4, -0.2) is 38.2 Å². The number of ether oxygens (including phenoxy) is 2. The second kappa shape index (κ2) is 9.92. The molecule has 0 saturated heterocycles. The fraction of sp³-hybridized carbons (Fsp3) is 0.588. The van der Waals surface area contributed by atoms with E-state index in [1.807, 2.05) is 23.1 Å². The minimum Gasteiger partial charge on any atom is -0.493 e. The number of carbonyl (C=O) groups is 1. The second-order valence-corrected chi connectivity index (χ2v) is 5.19. The highest BCUT2D eigenvalue weighted by molar-refractivity contribution is 5.74. The van der Waals surface area contributed by atoms with E-state index in [1.54, 1.807) is 14.2 Å². The summed E-state index contributed by atoms with van der Waals surface area (Å²) < 4.78 is 10.5. The molecule has 0 atom stereocenters. The Morgan fingerprint density at radius 3 is 2.41 bits per heavy atom. The smallest absolute Gasteiger partial charge is 0.317 e. The van der Waals surface area contributed by atoms with Gasteiger partial charge in [-0.3, -0.25) is 0 Å². The third-order valence-electron chi connectivity index (χ3n) is 3.45. The molecule has 0 aromatic heterocycles. The minimum absolute atomic E-state index is 0.00918. The number of carbonyl (C=O) groups excluding carboxylic acids is 1. The number of hydrogen-bond donors (Lipinski definition) is 1. The largest absolute Gasteiger partial charge is 0.493 e. The molecule has 5 nitrogen and oxygen atoms in total. The number of amides is 2. The van der Waals surface area contributed by atoms with Gasteiger partial charge in [0.15, 0.2) is 11.5 Å². The lowest BCUT2D eigenvalue weighted by atomic mass is 10.2. The number of nitrogens with one attached hydrogen (secondary N) is 1. The molecule has 0 aliphatic rings. The van der Waals surface area contributed by atoms with Crippen LogP contribution in [0.3, 0.4) is 0 Å². The Balaban J connectivity index is 2.61. The monoisotopic (exact) mass is 308 g/mol. The Kier molecular flexibility index (Phi) is 8.18. The van der Waals surface area contributed by atoms with Crippen LogP contribution in [0, 0.1) is 0 Å². The lowest BCUT2D eigenvalue weighted by Gasteiger charge is -2.22. The molecule has 0 unspecified atom stereocenters. The third kappa shape index (κ3) is 5.47. The van der Waals surface area contributed by atoms with E-state index in [-0.39, 0.29) is 6.03 Å². The average Bonchev–Trinajstić information content (AvgIpc) is 2.56. The van der Waals surface area contributed by atoms with Crippen molar-refractivity contribution in [3.8, 4) is 11.5 Å². The van der Waals surface area contributed by atoms with Crippen LogP contribution >= 0.6 is 0 Å². The van der Waals surface area contributed by atoms with Gasteiger partial charge in [-0.15, -0.1) is 0 Å². The first-order chi connectivity index (χ1) is 10.7. The lowest BCUT2D eigenvalue weighted by Crippen LogP contribution is -2.40. The molecule has 0 spiro atoms. The van der Waals surface area contributed by atoms with E-state index in [0.717, 1.165) is 37.9 Å². The zero-order valence-electron chi connectivity index (χ0n) is 14.1. The van der Waals surface area contributed by atoms with Gasteiger partial charge < -0.3 is 19.7 Å². The highest BCUT2D eigenvalue weighted by Gasteiger charge is 2.12. The Labute approximate surface area is 133 Å². The molecule has 1 aromatic carbocycles. The fourth-order valence-corrected chi connectivity index (χ4v) is 2.21. The summed E-state index contributed by atoms with van der Waals surface area (Å²) >= 11 is 0. The summed E-state index contributed by atoms with van der Waals surface area (Å²) in [7, 11) is 3.21. The van der Waals surface area contributed by atoms with Gasteiger partial charge in [-0.25, -0.2) is 4.79 Å². The van der Waals surface area contributed by atoms with Crippen molar-refractivity contribution in [1.29, 1.82) is 0 Å². The van der Waals surface area contributed by atoms with Crippen molar-refractivity contribution in [2.45, 2.75) is 39.7 Å². The summed E-state index contributed by atoms with van der Waals surface area (Å²) in [4.78, 5) is 14.1. The first kappa shape index (κ1) is 18.1. The fourth-order valence-electron chi connectivity index (χ4n) is 2.21. The van der Waals surface area contributed by atoms with Crippen LogP contribution in [-0.2, 0) is 6.54 Å². The molecule has 22 heavy (non-hydrogen) atoms. The number of nitrogens with zero attached hydrogens (tertiary/aromatic N) is 1. The molecule has 0 bridgehead atoms. The molecule has 0 aliphatic carbocycles. The molecule has 5 heteroatoms. The van der Waals surface area contributed by atoms with Gasteiger partial charge in [-0.2, -0.15) is 0 Å². The first-order valence-electron chi connectivity index (χ1n) is 7.89. The standard InChI is InChI=1S/C17H28N2O3/c1-5-7-11-19(10-6-2)17(20)18-13-14-8-9-15(21-3)16(12-14)22-4/h8-9,12H,5-7,10-11,13H2,1-4H3,(H,18,20). The lowest BCUT2D eigenvalue weighted by molar-refractivity contribution is 0.196. The summed E-state index contributed by atoms with van der Waals surface area (Å²) in [5, 5.41) is 2.97. The number of urea groups is 1. The van der Waals surface area contributed by atoms with E-state index in [4.69, 9.17) is 9.47 Å². The number of hydrogen-bond acceptors (Lipinski definition) is 3. The van der Waals surface area contributed by atoms with Gasteiger partial charge in [0, 0.05) is 19.6 Å². The quantitative estimate of drug-likeness (QED) is 0.760. The minimum atomic E-state index is -0.00918. The van der Waals surface area contributed by atoms with Crippen molar-refractivity contribution in [3.05, 3.63) is 23.8 Å². The van der Waals surface area contributed by atoms with Crippen LogP contribution in [0.25, 0.3) is 0 Å². The molecular weight excluding hydrogens is 280 g/mol. The molecule has 1 rings (SSSR count). The maximum atomic E-state index is 12.2. The Hall–Kier alpha value is -1.91. The molecule has 0 aliphatic heterocycles. The van der Waals surface area contributed by atoms with E-state index < -0.39 is 0 Å². The zero-order valence-corrected chi connectivity index (χ0v) is 14.1. The van der Waals surface area contributed by atoms with E-state index in [2.05, 4.69) is 19.2 Å². The van der Waals surface area contributed by atoms with Crippen molar-refractivity contribution in [1.82, 2.24) is 10.2 Å². The topological polar surface area (TPSA) is 50.8 Å². The first-order valence-corrected chi connectivity index (χ1v) is 7.89. The summed E-state index contributed by atoms with van der Waals surface area (Å²) in [6.45, 7) is 6.29. The number of rotatable bonds is 9. The predicted molar refractivity (Wildman–Crippen MR) is 88.6 cm³/mol. The van der Waals surface area contributed by atoms with Gasteiger partial charge in [0.1, 0.15) is 0 Å². The number of methoxy groups -OCH3 is 2. The van der Waals surface area contributed by atoms with Crippen LogP contribution in [0.15, 0.2) is 18.2 Å². The van der Waals surface area contributed by atoms with Gasteiger partial charge in [0.25, 0.3) is 0 Å². The van der Waals surface area contributed by atoms with E-state index in [1.165, 1.54) is 0 Å². The van der Waals surface area contributed by atoms with E-state index in [0.29, 0.717) is 18.0 Å². The van der Waals surface area contributed by atoms with Gasteiger partial charge in [0.2, 0.25) is 0 Å².